The maximum absolute atomic E-state index is 12.6. The molecule has 2 fully saturated rings. The number of hydrogen-bond donors (Lipinski definition) is 0. The van der Waals surface area contributed by atoms with Crippen LogP contribution in [0, 0.1) is 5.92 Å². The molecule has 0 aromatic heterocycles. The Kier molecular flexibility index (Phi) is 6.33. The first kappa shape index (κ1) is 17.5. The number of amides is 2. The Balaban J connectivity index is 1.39. The molecule has 1 atom stereocenters. The van der Waals surface area contributed by atoms with Gasteiger partial charge in [0.05, 0.1) is 0 Å². The minimum Gasteiger partial charge on any atom is -0.343 e. The molecule has 24 heavy (non-hydrogen) atoms. The lowest BCUT2D eigenvalue weighted by Crippen LogP contribution is -2.38. The van der Waals surface area contributed by atoms with Crippen LogP contribution in [0.2, 0.25) is 0 Å². The highest BCUT2D eigenvalue weighted by Crippen LogP contribution is 2.35. The van der Waals surface area contributed by atoms with E-state index in [1.165, 1.54) is 31.4 Å². The summed E-state index contributed by atoms with van der Waals surface area (Å²) in [5.74, 6) is 1.19. The van der Waals surface area contributed by atoms with Crippen LogP contribution in [-0.4, -0.2) is 41.2 Å². The average Bonchev–Trinajstić information content (AvgIpc) is 2.65. The largest absolute Gasteiger partial charge is 0.343 e. The second-order valence-corrected chi connectivity index (χ2v) is 7.59. The second kappa shape index (κ2) is 8.68. The molecule has 2 saturated heterocycles. The van der Waals surface area contributed by atoms with Gasteiger partial charge in [-0.3, -0.25) is 9.59 Å². The second-order valence-electron chi connectivity index (χ2n) is 7.59. The molecule has 134 valence electrons. The number of likely N-dealkylation sites (tertiary alicyclic amines) is 2. The summed E-state index contributed by atoms with van der Waals surface area (Å²) in [5, 5.41) is 0. The molecule has 2 heterocycles. The number of carbonyl (C=O) groups excluding carboxylic acids is 2. The lowest BCUT2D eigenvalue weighted by atomic mass is 9.85. The molecule has 3 aliphatic rings. The molecular weight excluding hydrogens is 300 g/mol. The summed E-state index contributed by atoms with van der Waals surface area (Å²) >= 11 is 0. The molecule has 1 aliphatic carbocycles. The number of allylic oxidation sites excluding steroid dienone is 2. The van der Waals surface area contributed by atoms with Gasteiger partial charge in [-0.25, -0.2) is 0 Å². The molecule has 0 radical (unpaired) electrons. The van der Waals surface area contributed by atoms with Gasteiger partial charge in [-0.1, -0.05) is 6.08 Å². The van der Waals surface area contributed by atoms with Crippen molar-refractivity contribution >= 4 is 11.8 Å². The van der Waals surface area contributed by atoms with Crippen molar-refractivity contribution in [2.45, 2.75) is 77.0 Å². The van der Waals surface area contributed by atoms with Crippen molar-refractivity contribution in [3.05, 3.63) is 11.8 Å². The van der Waals surface area contributed by atoms with E-state index in [-0.39, 0.29) is 11.8 Å². The first-order valence-corrected chi connectivity index (χ1v) is 10.0. The molecule has 4 heteroatoms. The molecule has 4 nitrogen and oxygen atoms in total. The normalized spacial score (nSPS) is 24.3. The summed E-state index contributed by atoms with van der Waals surface area (Å²) in [4.78, 5) is 28.8. The predicted octanol–water partition coefficient (Wildman–Crippen LogP) is 3.87. The maximum Gasteiger partial charge on any atom is 0.226 e. The predicted molar refractivity (Wildman–Crippen MR) is 95.3 cm³/mol. The van der Waals surface area contributed by atoms with Gasteiger partial charge < -0.3 is 9.80 Å². The van der Waals surface area contributed by atoms with Crippen LogP contribution in [0.1, 0.15) is 77.0 Å². The van der Waals surface area contributed by atoms with E-state index in [0.717, 1.165) is 58.2 Å². The summed E-state index contributed by atoms with van der Waals surface area (Å²) in [5.41, 5.74) is 1.31. The fraction of sp³-hybridized carbons (Fsp3) is 0.800. The molecule has 0 N–H and O–H groups in total. The Hall–Kier alpha value is -1.32. The molecule has 0 saturated carbocycles. The molecule has 2 aliphatic heterocycles. The van der Waals surface area contributed by atoms with E-state index in [4.69, 9.17) is 0 Å². The monoisotopic (exact) mass is 332 g/mol. The molecule has 2 amide bonds. The van der Waals surface area contributed by atoms with E-state index in [1.54, 1.807) is 0 Å². The third kappa shape index (κ3) is 4.40. The maximum atomic E-state index is 12.6. The molecule has 1 unspecified atom stereocenters. The van der Waals surface area contributed by atoms with Crippen LogP contribution in [0.5, 0.6) is 0 Å². The van der Waals surface area contributed by atoms with Crippen LogP contribution in [0.3, 0.4) is 0 Å². The van der Waals surface area contributed by atoms with E-state index >= 15 is 0 Å². The van der Waals surface area contributed by atoms with E-state index in [0.29, 0.717) is 18.8 Å². The van der Waals surface area contributed by atoms with Crippen molar-refractivity contribution in [2.24, 2.45) is 5.92 Å². The molecule has 0 bridgehead atoms. The van der Waals surface area contributed by atoms with Crippen molar-refractivity contribution in [1.29, 1.82) is 0 Å². The van der Waals surface area contributed by atoms with E-state index in [1.807, 2.05) is 4.90 Å². The fourth-order valence-electron chi connectivity index (χ4n) is 4.43. The summed E-state index contributed by atoms with van der Waals surface area (Å²) < 4.78 is 0. The zero-order valence-electron chi connectivity index (χ0n) is 15.0. The van der Waals surface area contributed by atoms with Gasteiger partial charge in [0, 0.05) is 38.2 Å². The Morgan fingerprint density at radius 1 is 0.875 bits per heavy atom. The Morgan fingerprint density at radius 3 is 2.38 bits per heavy atom. The van der Waals surface area contributed by atoms with Crippen molar-refractivity contribution in [3.63, 3.8) is 0 Å². The third-order valence-electron chi connectivity index (χ3n) is 5.82. The number of nitrogens with zero attached hydrogens (tertiary/aromatic N) is 2. The Morgan fingerprint density at radius 2 is 1.58 bits per heavy atom. The zero-order chi connectivity index (χ0) is 16.8. The van der Waals surface area contributed by atoms with Gasteiger partial charge in [0.1, 0.15) is 0 Å². The van der Waals surface area contributed by atoms with Crippen LogP contribution < -0.4 is 0 Å². The van der Waals surface area contributed by atoms with Crippen LogP contribution in [0.4, 0.5) is 0 Å². The minimum atomic E-state index is 0.276. The Bertz CT molecular complexity index is 480. The van der Waals surface area contributed by atoms with E-state index in [9.17, 15) is 9.59 Å². The summed E-state index contributed by atoms with van der Waals surface area (Å²) in [7, 11) is 0. The lowest BCUT2D eigenvalue weighted by molar-refractivity contribution is -0.133. The van der Waals surface area contributed by atoms with Gasteiger partial charge in [0.25, 0.3) is 0 Å². The van der Waals surface area contributed by atoms with Gasteiger partial charge >= 0.3 is 0 Å². The lowest BCUT2D eigenvalue weighted by Gasteiger charge is -2.38. The van der Waals surface area contributed by atoms with Gasteiger partial charge in [-0.05, 0) is 70.1 Å². The van der Waals surface area contributed by atoms with Crippen LogP contribution in [0.25, 0.3) is 0 Å². The smallest absolute Gasteiger partial charge is 0.226 e. The first-order chi connectivity index (χ1) is 11.8. The van der Waals surface area contributed by atoms with Crippen molar-refractivity contribution in [2.75, 3.05) is 19.6 Å². The highest BCUT2D eigenvalue weighted by atomic mass is 16.2. The van der Waals surface area contributed by atoms with Crippen LogP contribution in [-0.2, 0) is 9.59 Å². The molecular formula is C20H32N2O2. The summed E-state index contributed by atoms with van der Waals surface area (Å²) in [6.07, 6.45) is 14.8. The summed E-state index contributed by atoms with van der Waals surface area (Å²) in [6.45, 7) is 2.76. The van der Waals surface area contributed by atoms with Crippen molar-refractivity contribution in [1.82, 2.24) is 9.80 Å². The minimum absolute atomic E-state index is 0.276. The van der Waals surface area contributed by atoms with Gasteiger partial charge in [0.2, 0.25) is 11.8 Å². The number of unbranched alkanes of at least 4 members (excludes halogenated alkanes) is 1. The SMILES string of the molecule is O=C(CCCCC(=O)N1CCCC2CCCC=C21)N1CCCCC1. The molecule has 0 spiro atoms. The number of fused-ring (bicyclic) bond motifs is 1. The topological polar surface area (TPSA) is 40.6 Å². The van der Waals surface area contributed by atoms with E-state index in [2.05, 4.69) is 11.0 Å². The van der Waals surface area contributed by atoms with Gasteiger partial charge in [0.15, 0.2) is 0 Å². The number of piperidine rings is 2. The first-order valence-electron chi connectivity index (χ1n) is 10.0. The number of carbonyl (C=O) groups is 2. The van der Waals surface area contributed by atoms with Crippen molar-refractivity contribution < 1.29 is 9.59 Å². The number of hydrogen-bond acceptors (Lipinski definition) is 2. The van der Waals surface area contributed by atoms with Gasteiger partial charge in [-0.2, -0.15) is 0 Å². The highest BCUT2D eigenvalue weighted by molar-refractivity contribution is 5.79. The standard InChI is InChI=1S/C20H32N2O2/c23-19(21-14-6-1-7-15-21)12-4-5-13-20(24)22-16-8-10-17-9-2-3-11-18(17)22/h11,17H,1-10,12-16H2. The molecule has 3 rings (SSSR count). The fourth-order valence-corrected chi connectivity index (χ4v) is 4.43. The summed E-state index contributed by atoms with van der Waals surface area (Å²) in [6, 6.07) is 0. The molecule has 0 aromatic rings. The van der Waals surface area contributed by atoms with Crippen LogP contribution in [0.15, 0.2) is 11.8 Å². The number of rotatable bonds is 5. The average molecular weight is 332 g/mol. The Labute approximate surface area is 146 Å². The van der Waals surface area contributed by atoms with Gasteiger partial charge in [-0.15, -0.1) is 0 Å². The molecule has 0 aromatic carbocycles. The van der Waals surface area contributed by atoms with E-state index < -0.39 is 0 Å². The highest BCUT2D eigenvalue weighted by Gasteiger charge is 2.29. The van der Waals surface area contributed by atoms with Crippen molar-refractivity contribution in [3.8, 4) is 0 Å². The quantitative estimate of drug-likeness (QED) is 0.717. The van der Waals surface area contributed by atoms with Crippen LogP contribution >= 0.6 is 0 Å². The zero-order valence-corrected chi connectivity index (χ0v) is 15.0. The third-order valence-corrected chi connectivity index (χ3v) is 5.82.